The molecule has 1 saturated carbocycles. The molecule has 1 aliphatic carbocycles. The van der Waals surface area contributed by atoms with Crippen molar-refractivity contribution in [1.29, 1.82) is 0 Å². The van der Waals surface area contributed by atoms with Gasteiger partial charge in [-0.15, -0.1) is 0 Å². The van der Waals surface area contributed by atoms with Crippen LogP contribution >= 0.6 is 0 Å². The summed E-state index contributed by atoms with van der Waals surface area (Å²) in [5, 5.41) is 18.0. The van der Waals surface area contributed by atoms with Crippen molar-refractivity contribution >= 4 is 143 Å². The van der Waals surface area contributed by atoms with Gasteiger partial charge >= 0.3 is 85.6 Å². The number of phenolic OH excluding ortho intramolecular Hbond substituents is 2. The van der Waals surface area contributed by atoms with E-state index in [1.807, 2.05) is 184 Å². The van der Waals surface area contributed by atoms with Crippen LogP contribution in [0.4, 0.5) is 0 Å². The van der Waals surface area contributed by atoms with Crippen molar-refractivity contribution in [2.45, 2.75) is 527 Å². The first-order chi connectivity index (χ1) is 67.4. The normalized spacial score (nSPS) is 19.6. The van der Waals surface area contributed by atoms with Gasteiger partial charge in [-0.3, -0.25) is 47.9 Å². The lowest BCUT2D eigenvalue weighted by atomic mass is 9.89. The van der Waals surface area contributed by atoms with Crippen LogP contribution in [0.3, 0.4) is 0 Å². The topological polar surface area (TPSA) is 340 Å². The lowest BCUT2D eigenvalue weighted by molar-refractivity contribution is -0.171. The molecule has 3 saturated heterocycles. The van der Waals surface area contributed by atoms with Gasteiger partial charge in [0, 0.05) is 22.2 Å². The number of rotatable bonds is 38. The molecular weight excluding hydrogens is 2070 g/mol. The molecule has 2 N–H and O–H groups in total. The molecule has 26 nitrogen and oxygen atoms in total. The van der Waals surface area contributed by atoms with E-state index in [1.165, 1.54) is 24.0 Å². The van der Waals surface area contributed by atoms with Gasteiger partial charge in [-0.05, 0) is 390 Å². The minimum Gasteiger partial charge on any atom is -0.508 e. The molecule has 6 rings (SSSR count). The molecule has 0 radical (unpaired) electrons. The third-order valence-corrected chi connectivity index (χ3v) is 62.6. The van der Waals surface area contributed by atoms with E-state index in [2.05, 4.69) is 188 Å². The standard InChI is InChI=1S/C18H44O5Si4.C17H40O5Si4.C13H24O2.2C12H26O2Si.C10H20O2.2C10H14O.2C6H8O3/c1-13-18(2,3)17(19)20-15-14-16-27(21-24(4,5)6,22-25(7,8)9)23-26(10,11)12;1-11-17(2,3)16(18)19-13-12-14-26(10)15-23(4,5)20-24(6,7)21-25(8,9)22-26;1-5-12(3,4)11(14)15-13(6-2)9-7-8-10-13;2*1-8-12(3,4)11(13)14-10(2)9-15(5,6)7;1-7-10(5,6)8(11)12-9(2,3)4;2*1-3-8(2)9-4-6-10(11)7-5-9;2*1-3-4(2)6(8)9-5(3)7/h13-16H2,1-12H3;11-15H2,1-10H3;5-10H2,1-4H3;2*10H,8-9H2,1-7H3;7H2,1-6H3;2*4-8,11H,3H2,1-2H3;2*3-4H,1-2H3. The van der Waals surface area contributed by atoms with E-state index in [-0.39, 0.29) is 105 Å². The Morgan fingerprint density at radius 1 is 0.400 bits per heavy atom. The first-order valence-corrected chi connectivity index (χ1v) is 87.0. The van der Waals surface area contributed by atoms with Crippen LogP contribution in [0, 0.1) is 56.2 Å². The Kier molecular flexibility index (Phi) is 65.5. The Bertz CT molecular complexity index is 4090. The highest BCUT2D eigenvalue weighted by Gasteiger charge is 2.53. The van der Waals surface area contributed by atoms with Crippen molar-refractivity contribution in [1.82, 2.24) is 0 Å². The second kappa shape index (κ2) is 65.0. The fourth-order valence-corrected chi connectivity index (χ4v) is 60.4. The van der Waals surface area contributed by atoms with Gasteiger partial charge < -0.3 is 72.8 Å². The average molecular weight is 2290 g/mol. The molecule has 4 aliphatic rings. The zero-order valence-corrected chi connectivity index (χ0v) is 115. The smallest absolute Gasteiger partial charge is 0.469 e. The summed E-state index contributed by atoms with van der Waals surface area (Å²) in [6.07, 6.45) is 14.3. The van der Waals surface area contributed by atoms with Gasteiger partial charge in [0.1, 0.15) is 22.7 Å². The Balaban J connectivity index is -0.000000807. The zero-order valence-electron chi connectivity index (χ0n) is 105. The molecule has 0 spiro atoms. The summed E-state index contributed by atoms with van der Waals surface area (Å²) < 4.78 is 81.3. The fraction of sp³-hybridized carbons (Fsp3) is 0.807. The first kappa shape index (κ1) is 151. The number of aromatic hydroxyl groups is 2. The van der Waals surface area contributed by atoms with E-state index in [1.54, 1.807) is 52.0 Å². The monoisotopic (exact) mass is 2290 g/mol. The van der Waals surface area contributed by atoms with Gasteiger partial charge in [0.15, 0.2) is 41.6 Å². The number of hydrogen-bond acceptors (Lipinski definition) is 26. The molecule has 150 heavy (non-hydrogen) atoms. The number of carbonyl (C=O) groups is 10. The van der Waals surface area contributed by atoms with Crippen molar-refractivity contribution < 1.29 is 121 Å². The number of ether oxygens (including phenoxy) is 8. The molecule has 0 bridgehead atoms. The first-order valence-electron chi connectivity index (χ1n) is 55.9. The molecular formula is C114H224O26Si10. The molecule has 876 valence electrons. The predicted molar refractivity (Wildman–Crippen MR) is 640 cm³/mol. The summed E-state index contributed by atoms with van der Waals surface area (Å²) in [5.41, 5.74) is 0.958. The summed E-state index contributed by atoms with van der Waals surface area (Å²) in [6, 6.07) is 18.6. The number of carbonyl (C=O) groups excluding carboxylic acids is 10. The molecule has 4 fully saturated rings. The molecule has 9 unspecified atom stereocenters. The lowest BCUT2D eigenvalue weighted by Gasteiger charge is -2.47. The van der Waals surface area contributed by atoms with Crippen LogP contribution in [0.1, 0.15) is 341 Å². The number of benzene rings is 2. The Morgan fingerprint density at radius 3 is 0.940 bits per heavy atom. The van der Waals surface area contributed by atoms with Gasteiger partial charge in [0.05, 0.1) is 81.6 Å². The molecule has 2 aromatic rings. The highest BCUT2D eigenvalue weighted by Crippen LogP contribution is 2.41. The number of cyclic esters (lactones) is 4. The van der Waals surface area contributed by atoms with E-state index < -0.39 is 118 Å². The third-order valence-electron chi connectivity index (χ3n) is 27.1. The van der Waals surface area contributed by atoms with Crippen LogP contribution < -0.4 is 0 Å². The average Bonchev–Trinajstić information content (AvgIpc) is 1.08. The molecule has 2 aromatic carbocycles. The van der Waals surface area contributed by atoms with Crippen molar-refractivity contribution in [2.24, 2.45) is 56.2 Å². The van der Waals surface area contributed by atoms with Gasteiger partial charge in [0.2, 0.25) is 0 Å². The van der Waals surface area contributed by atoms with Crippen molar-refractivity contribution in [3.05, 3.63) is 59.7 Å². The van der Waals surface area contributed by atoms with E-state index in [0.717, 1.165) is 101 Å². The predicted octanol–water partition coefficient (Wildman–Crippen LogP) is 31.3. The van der Waals surface area contributed by atoms with Crippen molar-refractivity contribution in [3.8, 4) is 11.5 Å². The zero-order chi connectivity index (χ0) is 119. The summed E-state index contributed by atoms with van der Waals surface area (Å²) in [4.78, 5) is 114. The quantitative estimate of drug-likeness (QED) is 0.0207. The van der Waals surface area contributed by atoms with Crippen LogP contribution in [0.15, 0.2) is 48.5 Å². The Labute approximate surface area is 925 Å². The molecule has 3 aliphatic heterocycles. The maximum atomic E-state index is 12.2. The SMILES string of the molecule is CC1C(=O)OC(=O)C1C.CC1C(=O)OC(=O)C1C.CCC(C)(C)C(=O)OC(C)(C)C.CCC(C)(C)C(=O)OC(C)C[Si](C)(C)C.CCC(C)(C)C(=O)OC(C)C[Si](C)(C)C.CCC(C)(C)C(=O)OCCC[Si](O[Si](C)(C)C)(O[Si](C)(C)C)O[Si](C)(C)C.CCC(C)(C)C(=O)OCCC[Si]1(C)C[Si](C)(C)O[Si](C)(C)O[Si](C)(C)O1.CCC(C)c1ccc(O)cc1.CCC(C)c1ccc(O)cc1.CCC1(OC(=O)C(C)(C)CC)CCCC1. The highest BCUT2D eigenvalue weighted by atomic mass is 28.5. The minimum absolute atomic E-state index is 0.0197. The van der Waals surface area contributed by atoms with Crippen LogP contribution in [-0.2, 0) is 111 Å². The van der Waals surface area contributed by atoms with Gasteiger partial charge in [-0.2, -0.15) is 0 Å². The third kappa shape index (κ3) is 64.8. The second-order valence-corrected chi connectivity index (χ2v) is 98.2. The highest BCUT2D eigenvalue weighted by molar-refractivity contribution is 6.99. The van der Waals surface area contributed by atoms with E-state index >= 15 is 0 Å². The Hall–Kier alpha value is -4.93. The molecule has 9 atom stereocenters. The number of esters is 10. The Morgan fingerprint density at radius 2 is 0.680 bits per heavy atom. The number of hydrogen-bond donors (Lipinski definition) is 2. The maximum absolute atomic E-state index is 12.2. The summed E-state index contributed by atoms with van der Waals surface area (Å²) in [5.74, 6) is -1.21. The van der Waals surface area contributed by atoms with Gasteiger partial charge in [-0.1, -0.05) is 167 Å². The van der Waals surface area contributed by atoms with Gasteiger partial charge in [0.25, 0.3) is 0 Å². The van der Waals surface area contributed by atoms with E-state index in [4.69, 9.17) is 63.3 Å². The lowest BCUT2D eigenvalue weighted by Crippen LogP contribution is -2.62. The van der Waals surface area contributed by atoms with Crippen molar-refractivity contribution in [2.75, 3.05) is 13.2 Å². The van der Waals surface area contributed by atoms with E-state index in [9.17, 15) is 47.9 Å². The van der Waals surface area contributed by atoms with Crippen LogP contribution in [0.5, 0.6) is 11.5 Å². The maximum Gasteiger partial charge on any atom is 0.469 e. The van der Waals surface area contributed by atoms with Crippen molar-refractivity contribution in [3.63, 3.8) is 0 Å². The summed E-state index contributed by atoms with van der Waals surface area (Å²) in [6.45, 7) is 112. The van der Waals surface area contributed by atoms with Crippen LogP contribution in [0.25, 0.3) is 0 Å². The minimum atomic E-state index is -2.83. The molecule has 3 heterocycles. The van der Waals surface area contributed by atoms with Crippen LogP contribution in [-0.4, -0.2) is 190 Å². The van der Waals surface area contributed by atoms with E-state index in [0.29, 0.717) is 49.0 Å². The van der Waals surface area contributed by atoms with Gasteiger partial charge in [-0.25, -0.2) is 0 Å². The fourth-order valence-electron chi connectivity index (χ4n) is 15.2. The molecule has 0 aromatic heterocycles. The number of phenols is 2. The second-order valence-electron chi connectivity index (χ2n) is 53.8. The summed E-state index contributed by atoms with van der Waals surface area (Å²) >= 11 is 0. The molecule has 36 heteroatoms. The largest absolute Gasteiger partial charge is 0.508 e. The van der Waals surface area contributed by atoms with Crippen LogP contribution in [0.2, 0.25) is 174 Å². The summed E-state index contributed by atoms with van der Waals surface area (Å²) in [7, 11) is -18.8. The molecule has 0 amide bonds.